The Hall–Kier alpha value is -3.50. The zero-order chi connectivity index (χ0) is 22.3. The lowest BCUT2D eigenvalue weighted by molar-refractivity contribution is -0.141. The summed E-state index contributed by atoms with van der Waals surface area (Å²) in [5, 5.41) is 44.6. The topological polar surface area (TPSA) is 158 Å². The molecule has 2 unspecified atom stereocenters. The molecule has 0 bridgehead atoms. The van der Waals surface area contributed by atoms with E-state index in [1.54, 1.807) is 0 Å². The second-order valence-electron chi connectivity index (χ2n) is 6.30. The van der Waals surface area contributed by atoms with Crippen LogP contribution in [0.4, 0.5) is 0 Å². The van der Waals surface area contributed by atoms with Gasteiger partial charge in [-0.05, 0) is 24.3 Å². The van der Waals surface area contributed by atoms with E-state index in [2.05, 4.69) is 10.6 Å². The van der Waals surface area contributed by atoms with Crippen LogP contribution in [0.25, 0.3) is 0 Å². The van der Waals surface area contributed by atoms with E-state index in [1.165, 1.54) is 50.6 Å². The smallest absolute Gasteiger partial charge is 0.325 e. The molecule has 10 nitrogen and oxygen atoms in total. The maximum absolute atomic E-state index is 11.6. The van der Waals surface area contributed by atoms with Crippen molar-refractivity contribution in [2.75, 3.05) is 27.3 Å². The highest BCUT2D eigenvalue weighted by atomic mass is 16.5. The molecule has 2 atom stereocenters. The third kappa shape index (κ3) is 5.52. The number of benzene rings is 2. The van der Waals surface area contributed by atoms with E-state index < -0.39 is 24.0 Å². The first-order valence-corrected chi connectivity index (χ1v) is 8.94. The summed E-state index contributed by atoms with van der Waals surface area (Å²) < 4.78 is 9.96. The molecule has 0 radical (unpaired) electrons. The van der Waals surface area contributed by atoms with E-state index in [9.17, 15) is 30.0 Å². The first-order valence-electron chi connectivity index (χ1n) is 8.94. The lowest BCUT2D eigenvalue weighted by Gasteiger charge is -2.19. The molecule has 0 saturated carbocycles. The van der Waals surface area contributed by atoms with Crippen LogP contribution in [0.5, 0.6) is 23.0 Å². The van der Waals surface area contributed by atoms with Crippen molar-refractivity contribution in [2.45, 2.75) is 12.1 Å². The van der Waals surface area contributed by atoms with Crippen molar-refractivity contribution in [2.24, 2.45) is 0 Å². The van der Waals surface area contributed by atoms with Crippen molar-refractivity contribution >= 4 is 11.9 Å². The molecule has 0 amide bonds. The predicted molar refractivity (Wildman–Crippen MR) is 106 cm³/mol. The summed E-state index contributed by atoms with van der Waals surface area (Å²) in [6.45, 7) is 0.145. The van der Waals surface area contributed by atoms with Gasteiger partial charge in [0, 0.05) is 36.3 Å². The second kappa shape index (κ2) is 10.3. The van der Waals surface area contributed by atoms with Gasteiger partial charge in [0.15, 0.2) is 0 Å². The molecule has 2 rings (SSSR count). The number of rotatable bonds is 11. The molecular formula is C20H24N2O8. The summed E-state index contributed by atoms with van der Waals surface area (Å²) in [7, 11) is 2.85. The van der Waals surface area contributed by atoms with Crippen LogP contribution in [-0.2, 0) is 9.59 Å². The first kappa shape index (κ1) is 22.8. The normalized spacial score (nSPS) is 12.7. The van der Waals surface area contributed by atoms with Gasteiger partial charge >= 0.3 is 11.9 Å². The highest BCUT2D eigenvalue weighted by Crippen LogP contribution is 2.30. The fourth-order valence-electron chi connectivity index (χ4n) is 2.88. The minimum Gasteiger partial charge on any atom is -0.507 e. The quantitative estimate of drug-likeness (QED) is 0.292. The van der Waals surface area contributed by atoms with Crippen LogP contribution >= 0.6 is 0 Å². The highest BCUT2D eigenvalue weighted by Gasteiger charge is 2.25. The molecule has 30 heavy (non-hydrogen) atoms. The molecule has 2 aromatic rings. The van der Waals surface area contributed by atoms with E-state index in [0.717, 1.165) is 0 Å². The molecule has 0 saturated heterocycles. The Kier molecular flexibility index (Phi) is 7.84. The molecule has 162 valence electrons. The summed E-state index contributed by atoms with van der Waals surface area (Å²) in [5.74, 6) is -2.14. The van der Waals surface area contributed by atoms with Crippen molar-refractivity contribution in [1.29, 1.82) is 0 Å². The van der Waals surface area contributed by atoms with Crippen molar-refractivity contribution < 1.29 is 39.5 Å². The Bertz CT molecular complexity index is 829. The number of ether oxygens (including phenoxy) is 2. The van der Waals surface area contributed by atoms with Gasteiger partial charge in [0.1, 0.15) is 35.1 Å². The maximum Gasteiger partial charge on any atom is 0.325 e. The summed E-state index contributed by atoms with van der Waals surface area (Å²) >= 11 is 0. The summed E-state index contributed by atoms with van der Waals surface area (Å²) in [5.41, 5.74) is 0.289. The molecule has 2 aromatic carbocycles. The van der Waals surface area contributed by atoms with Gasteiger partial charge in [-0.2, -0.15) is 0 Å². The van der Waals surface area contributed by atoms with Gasteiger partial charge in [-0.3, -0.25) is 20.2 Å². The minimum atomic E-state index is -1.21. The molecule has 6 N–H and O–H groups in total. The van der Waals surface area contributed by atoms with Gasteiger partial charge in [0.05, 0.1) is 14.2 Å². The van der Waals surface area contributed by atoms with Crippen LogP contribution in [0.1, 0.15) is 23.2 Å². The van der Waals surface area contributed by atoms with E-state index in [-0.39, 0.29) is 35.7 Å². The van der Waals surface area contributed by atoms with Crippen molar-refractivity contribution in [3.8, 4) is 23.0 Å². The first-order chi connectivity index (χ1) is 14.3. The van der Waals surface area contributed by atoms with Crippen molar-refractivity contribution in [3.05, 3.63) is 47.5 Å². The van der Waals surface area contributed by atoms with Crippen LogP contribution in [0, 0.1) is 0 Å². The summed E-state index contributed by atoms with van der Waals surface area (Å²) in [6, 6.07) is 6.10. The lowest BCUT2D eigenvalue weighted by atomic mass is 10.0. The molecule has 0 aliphatic carbocycles. The standard InChI is InChI=1S/C20H24N2O8/c1-29-11-3-5-13(15(23)9-11)17(19(25)26)21-7-8-22-18(20(27)28)14-6-4-12(30-2)10-16(14)24/h3-6,9-10,17-18,21-24H,7-8H2,1-2H3,(H,25,26)(H,27,28). The number of aromatic hydroxyl groups is 2. The minimum absolute atomic E-state index is 0.0726. The van der Waals surface area contributed by atoms with Gasteiger partial charge in [-0.25, -0.2) is 0 Å². The molecule has 10 heteroatoms. The summed E-state index contributed by atoms with van der Waals surface area (Å²) in [4.78, 5) is 23.2. The molecular weight excluding hydrogens is 396 g/mol. The Morgan fingerprint density at radius 3 is 1.43 bits per heavy atom. The number of phenolic OH excluding ortho intramolecular Hbond substituents is 2. The molecule has 0 aromatic heterocycles. The average molecular weight is 420 g/mol. The Morgan fingerprint density at radius 2 is 1.17 bits per heavy atom. The number of aliphatic carboxylic acids is 2. The van der Waals surface area contributed by atoms with E-state index in [1.807, 2.05) is 0 Å². The number of carboxylic acid groups (broad SMARTS) is 2. The SMILES string of the molecule is COc1ccc(C(NCCNC(C(=O)O)c2ccc(OC)cc2O)C(=O)O)c(O)c1. The fraction of sp³-hybridized carbons (Fsp3) is 0.300. The van der Waals surface area contributed by atoms with Crippen molar-refractivity contribution in [1.82, 2.24) is 10.6 Å². The zero-order valence-corrected chi connectivity index (χ0v) is 16.5. The molecule has 0 aliphatic heterocycles. The Labute approximate surface area is 172 Å². The number of phenols is 2. The predicted octanol–water partition coefficient (Wildman–Crippen LogP) is 1.25. The number of methoxy groups -OCH3 is 2. The number of hydrogen-bond acceptors (Lipinski definition) is 8. The number of carbonyl (C=O) groups is 2. The average Bonchev–Trinajstić information content (AvgIpc) is 2.71. The van der Waals surface area contributed by atoms with Gasteiger partial charge in [-0.15, -0.1) is 0 Å². The summed E-state index contributed by atoms with van der Waals surface area (Å²) in [6.07, 6.45) is 0. The van der Waals surface area contributed by atoms with Gasteiger partial charge < -0.3 is 29.9 Å². The molecule has 0 aliphatic rings. The number of carboxylic acids is 2. The number of nitrogens with one attached hydrogen (secondary N) is 2. The van der Waals surface area contributed by atoms with Crippen molar-refractivity contribution in [3.63, 3.8) is 0 Å². The molecule has 0 heterocycles. The van der Waals surface area contributed by atoms with E-state index in [4.69, 9.17) is 9.47 Å². The Morgan fingerprint density at radius 1 is 0.800 bits per heavy atom. The van der Waals surface area contributed by atoms with E-state index in [0.29, 0.717) is 11.5 Å². The van der Waals surface area contributed by atoms with Crippen LogP contribution in [0.2, 0.25) is 0 Å². The highest BCUT2D eigenvalue weighted by molar-refractivity contribution is 5.77. The van der Waals surface area contributed by atoms with Crippen LogP contribution in [0.3, 0.4) is 0 Å². The van der Waals surface area contributed by atoms with E-state index >= 15 is 0 Å². The second-order valence-corrected chi connectivity index (χ2v) is 6.30. The largest absolute Gasteiger partial charge is 0.507 e. The lowest BCUT2D eigenvalue weighted by Crippen LogP contribution is -2.37. The zero-order valence-electron chi connectivity index (χ0n) is 16.5. The fourth-order valence-corrected chi connectivity index (χ4v) is 2.88. The third-order valence-corrected chi connectivity index (χ3v) is 4.41. The third-order valence-electron chi connectivity index (χ3n) is 4.41. The van der Waals surface area contributed by atoms with Crippen LogP contribution in [-0.4, -0.2) is 59.7 Å². The number of hydrogen-bond donors (Lipinski definition) is 6. The van der Waals surface area contributed by atoms with Gasteiger partial charge in [0.25, 0.3) is 0 Å². The van der Waals surface area contributed by atoms with Crippen LogP contribution in [0.15, 0.2) is 36.4 Å². The monoisotopic (exact) mass is 420 g/mol. The molecule has 0 fully saturated rings. The Balaban J connectivity index is 2.04. The van der Waals surface area contributed by atoms with Gasteiger partial charge in [-0.1, -0.05) is 0 Å². The van der Waals surface area contributed by atoms with Gasteiger partial charge in [0.2, 0.25) is 0 Å². The molecule has 0 spiro atoms. The van der Waals surface area contributed by atoms with Crippen LogP contribution < -0.4 is 20.1 Å². The maximum atomic E-state index is 11.6.